The van der Waals surface area contributed by atoms with E-state index in [0.717, 1.165) is 24.0 Å². The minimum atomic E-state index is -2.54. The van der Waals surface area contributed by atoms with Gasteiger partial charge >= 0.3 is 6.55 Å². The molecule has 2 atom stereocenters. The number of imidazole rings is 1. The Morgan fingerprint density at radius 2 is 2.11 bits per heavy atom. The first-order valence-electron chi connectivity index (χ1n) is 6.83. The molecule has 2 N–H and O–H groups in total. The molecule has 0 bridgehead atoms. The van der Waals surface area contributed by atoms with E-state index in [0.29, 0.717) is 24.2 Å². The number of hydrogen-bond acceptors (Lipinski definition) is 3. The lowest BCUT2D eigenvalue weighted by molar-refractivity contribution is 0.0664. The standard InChI is InChI=1S/C13H21F2N3O/c14-13(15)18-6-5-17-12(18)8-16-7-10-3-1-2-4-11(10)9-19/h5-6,10-11,13,16,19H,1-4,7-9H2. The van der Waals surface area contributed by atoms with E-state index in [9.17, 15) is 13.9 Å². The van der Waals surface area contributed by atoms with E-state index in [-0.39, 0.29) is 6.61 Å². The minimum Gasteiger partial charge on any atom is -0.396 e. The quantitative estimate of drug-likeness (QED) is 0.835. The third-order valence-corrected chi connectivity index (χ3v) is 3.95. The average molecular weight is 273 g/mol. The zero-order valence-corrected chi connectivity index (χ0v) is 10.9. The van der Waals surface area contributed by atoms with Gasteiger partial charge in [0.25, 0.3) is 0 Å². The van der Waals surface area contributed by atoms with Gasteiger partial charge in [0.2, 0.25) is 0 Å². The molecule has 6 heteroatoms. The lowest BCUT2D eigenvalue weighted by Gasteiger charge is -2.30. The number of halogens is 2. The van der Waals surface area contributed by atoms with Crippen LogP contribution in [0.15, 0.2) is 12.4 Å². The second-order valence-corrected chi connectivity index (χ2v) is 5.15. The molecular weight excluding hydrogens is 252 g/mol. The van der Waals surface area contributed by atoms with Crippen LogP contribution in [0.4, 0.5) is 8.78 Å². The highest BCUT2D eigenvalue weighted by Crippen LogP contribution is 2.29. The molecule has 1 saturated carbocycles. The maximum atomic E-state index is 12.6. The van der Waals surface area contributed by atoms with Gasteiger partial charge in [-0.15, -0.1) is 0 Å². The second-order valence-electron chi connectivity index (χ2n) is 5.15. The molecule has 108 valence electrons. The van der Waals surface area contributed by atoms with Crippen molar-refractivity contribution < 1.29 is 13.9 Å². The van der Waals surface area contributed by atoms with Crippen molar-refractivity contribution in [1.82, 2.24) is 14.9 Å². The molecule has 1 heterocycles. The summed E-state index contributed by atoms with van der Waals surface area (Å²) < 4.78 is 26.1. The molecule has 0 aliphatic heterocycles. The van der Waals surface area contributed by atoms with Crippen LogP contribution in [0.1, 0.15) is 38.1 Å². The number of hydrogen-bond donors (Lipinski definition) is 2. The van der Waals surface area contributed by atoms with Crippen molar-refractivity contribution in [1.29, 1.82) is 0 Å². The molecule has 1 aliphatic rings. The van der Waals surface area contributed by atoms with E-state index in [2.05, 4.69) is 10.3 Å². The molecule has 0 saturated heterocycles. The number of aliphatic hydroxyl groups excluding tert-OH is 1. The second kappa shape index (κ2) is 6.96. The predicted octanol–water partition coefficient (Wildman–Crippen LogP) is 2.17. The number of nitrogens with one attached hydrogen (secondary N) is 1. The fraction of sp³-hybridized carbons (Fsp3) is 0.769. The van der Waals surface area contributed by atoms with E-state index in [1.165, 1.54) is 25.2 Å². The maximum Gasteiger partial charge on any atom is 0.319 e. The normalized spacial score (nSPS) is 24.0. The van der Waals surface area contributed by atoms with Crippen LogP contribution >= 0.6 is 0 Å². The Bertz CT molecular complexity index is 384. The van der Waals surface area contributed by atoms with E-state index in [1.54, 1.807) is 0 Å². The molecule has 1 aromatic rings. The smallest absolute Gasteiger partial charge is 0.319 e. The van der Waals surface area contributed by atoms with E-state index in [1.807, 2.05) is 0 Å². The van der Waals surface area contributed by atoms with Crippen LogP contribution in [0, 0.1) is 11.8 Å². The molecule has 1 aliphatic carbocycles. The van der Waals surface area contributed by atoms with Gasteiger partial charge in [0.1, 0.15) is 5.82 Å². The van der Waals surface area contributed by atoms with Crippen LogP contribution in [-0.4, -0.2) is 27.8 Å². The largest absolute Gasteiger partial charge is 0.396 e. The van der Waals surface area contributed by atoms with E-state index in [4.69, 9.17) is 0 Å². The molecular formula is C13H21F2N3O. The number of alkyl halides is 2. The highest BCUT2D eigenvalue weighted by Gasteiger charge is 2.24. The summed E-state index contributed by atoms with van der Waals surface area (Å²) in [6.45, 7) is -1.23. The minimum absolute atomic E-state index is 0.220. The average Bonchev–Trinajstić information content (AvgIpc) is 2.88. The molecule has 1 aromatic heterocycles. The van der Waals surface area contributed by atoms with Crippen molar-refractivity contribution in [3.8, 4) is 0 Å². The summed E-state index contributed by atoms with van der Waals surface area (Å²) in [6, 6.07) is 0. The van der Waals surface area contributed by atoms with Gasteiger partial charge in [0.05, 0.1) is 6.54 Å². The van der Waals surface area contributed by atoms with Gasteiger partial charge in [-0.05, 0) is 31.2 Å². The van der Waals surface area contributed by atoms with Crippen LogP contribution in [-0.2, 0) is 6.54 Å². The summed E-state index contributed by atoms with van der Waals surface area (Å²) in [5.74, 6) is 1.14. The Balaban J connectivity index is 1.80. The first-order chi connectivity index (χ1) is 9.22. The maximum absolute atomic E-state index is 12.6. The van der Waals surface area contributed by atoms with Crippen molar-refractivity contribution in [2.75, 3.05) is 13.2 Å². The van der Waals surface area contributed by atoms with Gasteiger partial charge in [-0.3, -0.25) is 4.57 Å². The Hall–Kier alpha value is -1.01. The first-order valence-corrected chi connectivity index (χ1v) is 6.83. The highest BCUT2D eigenvalue weighted by atomic mass is 19.3. The molecule has 2 rings (SSSR count). The highest BCUT2D eigenvalue weighted by molar-refractivity contribution is 4.92. The molecule has 4 nitrogen and oxygen atoms in total. The Morgan fingerprint density at radius 3 is 2.79 bits per heavy atom. The Labute approximate surface area is 111 Å². The van der Waals surface area contributed by atoms with Gasteiger partial charge in [0.15, 0.2) is 0 Å². The topological polar surface area (TPSA) is 50.1 Å². The molecule has 2 unspecified atom stereocenters. The fourth-order valence-electron chi connectivity index (χ4n) is 2.82. The first kappa shape index (κ1) is 14.4. The lowest BCUT2D eigenvalue weighted by atomic mass is 9.79. The summed E-state index contributed by atoms with van der Waals surface area (Å²) >= 11 is 0. The summed E-state index contributed by atoms with van der Waals surface area (Å²) in [4.78, 5) is 3.93. The third-order valence-electron chi connectivity index (χ3n) is 3.95. The fourth-order valence-corrected chi connectivity index (χ4v) is 2.82. The van der Waals surface area contributed by atoms with Crippen molar-refractivity contribution in [2.24, 2.45) is 11.8 Å². The van der Waals surface area contributed by atoms with Crippen molar-refractivity contribution in [3.05, 3.63) is 18.2 Å². The zero-order valence-electron chi connectivity index (χ0n) is 10.9. The number of aromatic nitrogens is 2. The van der Waals surface area contributed by atoms with Crippen LogP contribution in [0.3, 0.4) is 0 Å². The molecule has 0 spiro atoms. The number of nitrogens with zero attached hydrogens (tertiary/aromatic N) is 2. The summed E-state index contributed by atoms with van der Waals surface area (Å²) in [7, 11) is 0. The van der Waals surface area contributed by atoms with Crippen molar-refractivity contribution in [2.45, 2.75) is 38.8 Å². The summed E-state index contributed by atoms with van der Waals surface area (Å²) in [5, 5.41) is 12.5. The van der Waals surface area contributed by atoms with E-state index < -0.39 is 6.55 Å². The van der Waals surface area contributed by atoms with Crippen LogP contribution in [0.25, 0.3) is 0 Å². The Kier molecular flexibility index (Phi) is 5.27. The van der Waals surface area contributed by atoms with Gasteiger partial charge in [-0.25, -0.2) is 4.98 Å². The third kappa shape index (κ3) is 3.73. The molecule has 0 radical (unpaired) electrons. The molecule has 0 aromatic carbocycles. The van der Waals surface area contributed by atoms with Gasteiger partial charge in [-0.1, -0.05) is 12.8 Å². The molecule has 1 fully saturated rings. The van der Waals surface area contributed by atoms with Gasteiger partial charge < -0.3 is 10.4 Å². The van der Waals surface area contributed by atoms with Crippen LogP contribution < -0.4 is 5.32 Å². The summed E-state index contributed by atoms with van der Waals surface area (Å²) in [5.41, 5.74) is 0. The van der Waals surface area contributed by atoms with Crippen molar-refractivity contribution >= 4 is 0 Å². The number of rotatable bonds is 6. The monoisotopic (exact) mass is 273 g/mol. The van der Waals surface area contributed by atoms with Crippen molar-refractivity contribution in [3.63, 3.8) is 0 Å². The predicted molar refractivity (Wildman–Crippen MR) is 67.7 cm³/mol. The van der Waals surface area contributed by atoms with Crippen LogP contribution in [0.2, 0.25) is 0 Å². The van der Waals surface area contributed by atoms with Gasteiger partial charge in [-0.2, -0.15) is 8.78 Å². The van der Waals surface area contributed by atoms with Gasteiger partial charge in [0, 0.05) is 19.0 Å². The Morgan fingerprint density at radius 1 is 1.37 bits per heavy atom. The zero-order chi connectivity index (χ0) is 13.7. The lowest BCUT2D eigenvalue weighted by Crippen LogP contribution is -2.32. The van der Waals surface area contributed by atoms with E-state index >= 15 is 0 Å². The number of aliphatic hydroxyl groups is 1. The molecule has 0 amide bonds. The SMILES string of the molecule is OCC1CCCCC1CNCc1nccn1C(F)F. The summed E-state index contributed by atoms with van der Waals surface area (Å²) in [6.07, 6.45) is 7.21. The molecule has 19 heavy (non-hydrogen) atoms. The van der Waals surface area contributed by atoms with Crippen LogP contribution in [0.5, 0.6) is 0 Å².